The Morgan fingerprint density at radius 2 is 1.33 bits per heavy atom. The molecule has 0 spiro atoms. The Morgan fingerprint density at radius 3 is 1.76 bits per heavy atom. The van der Waals surface area contributed by atoms with Crippen LogP contribution in [0.2, 0.25) is 0 Å². The van der Waals surface area contributed by atoms with Crippen molar-refractivity contribution in [3.63, 3.8) is 0 Å². The van der Waals surface area contributed by atoms with Crippen molar-refractivity contribution >= 4 is 5.97 Å². The van der Waals surface area contributed by atoms with Crippen LogP contribution in [0.15, 0.2) is 54.6 Å². The smallest absolute Gasteiger partial charge is 0.340 e. The first kappa shape index (κ1) is 15.3. The van der Waals surface area contributed by atoms with E-state index in [1.54, 1.807) is 32.9 Å². The second kappa shape index (κ2) is 5.34. The molecular weight excluding hydrogens is 264 g/mol. The van der Waals surface area contributed by atoms with E-state index in [-0.39, 0.29) is 0 Å². The van der Waals surface area contributed by atoms with Crippen molar-refractivity contribution in [3.8, 4) is 11.1 Å². The lowest BCUT2D eigenvalue weighted by Gasteiger charge is -2.36. The standard InChI is InChI=1S/C18H20O3/c1-17(2,3)18(21,16(19)20)15-11-9-14(10-12-15)13-7-5-4-6-8-13/h4-12,21H,1-3H3,(H,19,20). The quantitative estimate of drug-likeness (QED) is 0.904. The highest BCUT2D eigenvalue weighted by molar-refractivity contribution is 5.80. The number of rotatable bonds is 3. The maximum Gasteiger partial charge on any atom is 0.340 e. The molecule has 2 rings (SSSR count). The number of hydrogen-bond acceptors (Lipinski definition) is 2. The van der Waals surface area contributed by atoms with Gasteiger partial charge in [0, 0.05) is 5.41 Å². The summed E-state index contributed by atoms with van der Waals surface area (Å²) in [6.07, 6.45) is 0. The molecule has 2 aromatic carbocycles. The van der Waals surface area contributed by atoms with Gasteiger partial charge in [0.25, 0.3) is 0 Å². The lowest BCUT2D eigenvalue weighted by atomic mass is 9.72. The monoisotopic (exact) mass is 284 g/mol. The Kier molecular flexibility index (Phi) is 3.88. The fourth-order valence-electron chi connectivity index (χ4n) is 2.41. The Morgan fingerprint density at radius 1 is 0.857 bits per heavy atom. The fourth-order valence-corrected chi connectivity index (χ4v) is 2.41. The van der Waals surface area contributed by atoms with Gasteiger partial charge in [-0.05, 0) is 16.7 Å². The third kappa shape index (κ3) is 2.69. The highest BCUT2D eigenvalue weighted by Crippen LogP contribution is 2.40. The largest absolute Gasteiger partial charge is 0.479 e. The molecule has 0 bridgehead atoms. The van der Waals surface area contributed by atoms with Gasteiger partial charge in [0.15, 0.2) is 5.60 Å². The molecule has 1 unspecified atom stereocenters. The second-order valence-electron chi connectivity index (χ2n) is 6.21. The van der Waals surface area contributed by atoms with Gasteiger partial charge in [0.05, 0.1) is 0 Å². The summed E-state index contributed by atoms with van der Waals surface area (Å²) >= 11 is 0. The summed E-state index contributed by atoms with van der Waals surface area (Å²) in [5.41, 5.74) is -0.295. The van der Waals surface area contributed by atoms with E-state index in [0.29, 0.717) is 5.56 Å². The summed E-state index contributed by atoms with van der Waals surface area (Å²) in [4.78, 5) is 11.6. The zero-order valence-corrected chi connectivity index (χ0v) is 12.5. The molecule has 0 saturated carbocycles. The van der Waals surface area contributed by atoms with Crippen molar-refractivity contribution in [1.29, 1.82) is 0 Å². The van der Waals surface area contributed by atoms with Gasteiger partial charge in [-0.15, -0.1) is 0 Å². The van der Waals surface area contributed by atoms with Gasteiger partial charge in [-0.2, -0.15) is 0 Å². The molecule has 0 aromatic heterocycles. The molecule has 0 fully saturated rings. The minimum absolute atomic E-state index is 0.391. The highest BCUT2D eigenvalue weighted by Gasteiger charge is 2.48. The van der Waals surface area contributed by atoms with E-state index in [9.17, 15) is 15.0 Å². The van der Waals surface area contributed by atoms with Gasteiger partial charge in [0.1, 0.15) is 0 Å². The molecule has 1 atom stereocenters. The number of aliphatic carboxylic acids is 1. The molecule has 0 saturated heterocycles. The van der Waals surface area contributed by atoms with Gasteiger partial charge in [-0.1, -0.05) is 75.4 Å². The summed E-state index contributed by atoms with van der Waals surface area (Å²) in [5.74, 6) is -1.23. The van der Waals surface area contributed by atoms with Gasteiger partial charge in [-0.25, -0.2) is 4.79 Å². The van der Waals surface area contributed by atoms with Crippen LogP contribution in [0.4, 0.5) is 0 Å². The Hall–Kier alpha value is -2.13. The van der Waals surface area contributed by atoms with Crippen molar-refractivity contribution in [1.82, 2.24) is 0 Å². The number of hydrogen-bond donors (Lipinski definition) is 2. The van der Waals surface area contributed by atoms with Crippen molar-refractivity contribution < 1.29 is 15.0 Å². The van der Waals surface area contributed by atoms with E-state index < -0.39 is 17.0 Å². The molecular formula is C18H20O3. The van der Waals surface area contributed by atoms with E-state index in [0.717, 1.165) is 11.1 Å². The first-order valence-corrected chi connectivity index (χ1v) is 6.88. The van der Waals surface area contributed by atoms with Crippen LogP contribution in [0.5, 0.6) is 0 Å². The molecule has 2 N–H and O–H groups in total. The molecule has 0 radical (unpaired) electrons. The molecule has 110 valence electrons. The summed E-state index contributed by atoms with van der Waals surface area (Å²) in [5, 5.41) is 20.1. The lowest BCUT2D eigenvalue weighted by molar-refractivity contribution is -0.173. The predicted octanol–water partition coefficient (Wildman–Crippen LogP) is 3.67. The Labute approximate surface area is 124 Å². The molecule has 3 heteroatoms. The number of aliphatic hydroxyl groups is 1. The van der Waals surface area contributed by atoms with Gasteiger partial charge < -0.3 is 10.2 Å². The summed E-state index contributed by atoms with van der Waals surface area (Å²) in [6.45, 7) is 5.14. The van der Waals surface area contributed by atoms with E-state index in [1.165, 1.54) is 0 Å². The zero-order chi connectivity index (χ0) is 15.7. The fraction of sp³-hybridized carbons (Fsp3) is 0.278. The van der Waals surface area contributed by atoms with Crippen LogP contribution in [0.25, 0.3) is 11.1 Å². The van der Waals surface area contributed by atoms with Crippen molar-refractivity contribution in [3.05, 3.63) is 60.2 Å². The van der Waals surface area contributed by atoms with Crippen LogP contribution in [0, 0.1) is 5.41 Å². The maximum absolute atomic E-state index is 11.6. The van der Waals surface area contributed by atoms with Crippen LogP contribution in [0.1, 0.15) is 26.3 Å². The lowest BCUT2D eigenvalue weighted by Crippen LogP contribution is -2.47. The minimum Gasteiger partial charge on any atom is -0.479 e. The molecule has 3 nitrogen and oxygen atoms in total. The van der Waals surface area contributed by atoms with E-state index >= 15 is 0 Å². The molecule has 0 amide bonds. The molecule has 0 heterocycles. The summed E-state index contributed by atoms with van der Waals surface area (Å²) in [7, 11) is 0. The van der Waals surface area contributed by atoms with Crippen LogP contribution >= 0.6 is 0 Å². The molecule has 0 aliphatic rings. The van der Waals surface area contributed by atoms with E-state index in [4.69, 9.17) is 0 Å². The van der Waals surface area contributed by atoms with Gasteiger partial charge in [0.2, 0.25) is 0 Å². The van der Waals surface area contributed by atoms with Crippen LogP contribution in [0.3, 0.4) is 0 Å². The number of carboxylic acids is 1. The second-order valence-corrected chi connectivity index (χ2v) is 6.21. The maximum atomic E-state index is 11.6. The Balaban J connectivity index is 2.45. The summed E-state index contributed by atoms with van der Waals surface area (Å²) in [6, 6.07) is 16.9. The summed E-state index contributed by atoms with van der Waals surface area (Å²) < 4.78 is 0. The number of carboxylic acid groups (broad SMARTS) is 1. The molecule has 0 aliphatic carbocycles. The minimum atomic E-state index is -1.91. The van der Waals surface area contributed by atoms with Crippen molar-refractivity contribution in [2.24, 2.45) is 5.41 Å². The van der Waals surface area contributed by atoms with Crippen molar-refractivity contribution in [2.45, 2.75) is 26.4 Å². The highest BCUT2D eigenvalue weighted by atomic mass is 16.4. The molecule has 21 heavy (non-hydrogen) atoms. The van der Waals surface area contributed by atoms with Crippen LogP contribution in [-0.2, 0) is 10.4 Å². The normalized spacial score (nSPS) is 14.5. The average molecular weight is 284 g/mol. The topological polar surface area (TPSA) is 57.5 Å². The Bertz CT molecular complexity index is 624. The number of benzene rings is 2. The SMILES string of the molecule is CC(C)(C)C(O)(C(=O)O)c1ccc(-c2ccccc2)cc1. The molecule has 0 aliphatic heterocycles. The molecule has 2 aromatic rings. The van der Waals surface area contributed by atoms with Gasteiger partial charge >= 0.3 is 5.97 Å². The third-order valence-electron chi connectivity index (χ3n) is 3.80. The van der Waals surface area contributed by atoms with Crippen LogP contribution in [-0.4, -0.2) is 16.2 Å². The zero-order valence-electron chi connectivity index (χ0n) is 12.5. The average Bonchev–Trinajstić information content (AvgIpc) is 2.46. The first-order valence-electron chi connectivity index (χ1n) is 6.88. The first-order chi connectivity index (χ1) is 9.76. The number of carbonyl (C=O) groups is 1. The predicted molar refractivity (Wildman–Crippen MR) is 82.9 cm³/mol. The van der Waals surface area contributed by atoms with E-state index in [1.807, 2.05) is 42.5 Å². The van der Waals surface area contributed by atoms with Crippen LogP contribution < -0.4 is 0 Å². The third-order valence-corrected chi connectivity index (χ3v) is 3.80. The van der Waals surface area contributed by atoms with E-state index in [2.05, 4.69) is 0 Å². The van der Waals surface area contributed by atoms with Crippen molar-refractivity contribution in [2.75, 3.05) is 0 Å². The van der Waals surface area contributed by atoms with Gasteiger partial charge in [-0.3, -0.25) is 0 Å².